The SMILES string of the molecule is CN(C(=O)Cl)C(=O)c1cccc(Cl)c1. The minimum atomic E-state index is -0.824. The number of amides is 2. The molecule has 0 heterocycles. The van der Waals surface area contributed by atoms with E-state index in [0.29, 0.717) is 10.6 Å². The van der Waals surface area contributed by atoms with E-state index in [1.165, 1.54) is 13.1 Å². The Labute approximate surface area is 91.2 Å². The summed E-state index contributed by atoms with van der Waals surface area (Å²) in [5.41, 5.74) is 0.328. The molecule has 1 aromatic rings. The Bertz CT molecular complexity index is 379. The smallest absolute Gasteiger partial charge is 0.269 e. The number of hydrogen-bond donors (Lipinski definition) is 0. The molecule has 2 amide bonds. The minimum Gasteiger partial charge on any atom is -0.269 e. The van der Waals surface area contributed by atoms with Gasteiger partial charge in [0.15, 0.2) is 0 Å². The fourth-order valence-electron chi connectivity index (χ4n) is 0.895. The van der Waals surface area contributed by atoms with Crippen LogP contribution in [0.1, 0.15) is 10.4 Å². The Morgan fingerprint density at radius 3 is 2.50 bits per heavy atom. The van der Waals surface area contributed by atoms with Crippen LogP contribution >= 0.6 is 23.2 Å². The number of imide groups is 1. The second-order valence-electron chi connectivity index (χ2n) is 2.63. The van der Waals surface area contributed by atoms with Crippen LogP contribution in [-0.4, -0.2) is 23.2 Å². The van der Waals surface area contributed by atoms with Gasteiger partial charge in [-0.2, -0.15) is 0 Å². The summed E-state index contributed by atoms with van der Waals surface area (Å²) in [6, 6.07) is 6.30. The monoisotopic (exact) mass is 231 g/mol. The van der Waals surface area contributed by atoms with E-state index in [4.69, 9.17) is 23.2 Å². The molecule has 1 rings (SSSR count). The summed E-state index contributed by atoms with van der Waals surface area (Å²) in [7, 11) is 1.30. The molecule has 0 spiro atoms. The molecule has 74 valence electrons. The summed E-state index contributed by atoms with van der Waals surface area (Å²) >= 11 is 10.8. The average Bonchev–Trinajstić information content (AvgIpc) is 2.15. The first-order valence-corrected chi connectivity index (χ1v) is 4.51. The molecule has 0 aliphatic heterocycles. The first kappa shape index (κ1) is 11.0. The predicted octanol–water partition coefficient (Wildman–Crippen LogP) is 2.77. The molecule has 0 atom stereocenters. The molecule has 0 unspecified atom stereocenters. The van der Waals surface area contributed by atoms with Crippen LogP contribution in [0, 0.1) is 0 Å². The van der Waals surface area contributed by atoms with E-state index < -0.39 is 11.3 Å². The molecule has 3 nitrogen and oxygen atoms in total. The molecule has 0 aromatic heterocycles. The zero-order chi connectivity index (χ0) is 10.7. The molecular formula is C9H7Cl2NO2. The Balaban J connectivity index is 2.95. The standard InChI is InChI=1S/C9H7Cl2NO2/c1-12(9(11)14)8(13)6-3-2-4-7(10)5-6/h2-5H,1H3. The van der Waals surface area contributed by atoms with Gasteiger partial charge >= 0.3 is 5.37 Å². The van der Waals surface area contributed by atoms with Gasteiger partial charge in [-0.25, -0.2) is 0 Å². The van der Waals surface area contributed by atoms with Crippen LogP contribution in [-0.2, 0) is 0 Å². The minimum absolute atomic E-state index is 0.328. The van der Waals surface area contributed by atoms with Crippen molar-refractivity contribution < 1.29 is 9.59 Å². The lowest BCUT2D eigenvalue weighted by atomic mass is 10.2. The van der Waals surface area contributed by atoms with E-state index in [9.17, 15) is 9.59 Å². The van der Waals surface area contributed by atoms with Crippen molar-refractivity contribution >= 4 is 34.5 Å². The second-order valence-corrected chi connectivity index (χ2v) is 3.39. The first-order chi connectivity index (χ1) is 6.52. The van der Waals surface area contributed by atoms with Crippen molar-refractivity contribution in [1.29, 1.82) is 0 Å². The normalized spacial score (nSPS) is 9.64. The van der Waals surface area contributed by atoms with Crippen molar-refractivity contribution in [2.24, 2.45) is 0 Å². The lowest BCUT2D eigenvalue weighted by Gasteiger charge is -2.10. The van der Waals surface area contributed by atoms with E-state index in [2.05, 4.69) is 0 Å². The Hall–Kier alpha value is -1.06. The van der Waals surface area contributed by atoms with Gasteiger partial charge in [-0.3, -0.25) is 14.5 Å². The topological polar surface area (TPSA) is 37.4 Å². The third kappa shape index (κ3) is 2.47. The van der Waals surface area contributed by atoms with Gasteiger partial charge < -0.3 is 0 Å². The maximum atomic E-state index is 11.5. The molecule has 0 fully saturated rings. The van der Waals surface area contributed by atoms with Gasteiger partial charge in [-0.1, -0.05) is 17.7 Å². The van der Waals surface area contributed by atoms with Gasteiger partial charge in [0.05, 0.1) is 0 Å². The highest BCUT2D eigenvalue weighted by molar-refractivity contribution is 6.64. The Morgan fingerprint density at radius 1 is 1.36 bits per heavy atom. The van der Waals surface area contributed by atoms with Crippen molar-refractivity contribution in [2.45, 2.75) is 0 Å². The molecule has 1 aromatic carbocycles. The lowest BCUT2D eigenvalue weighted by molar-refractivity contribution is 0.0847. The van der Waals surface area contributed by atoms with Crippen molar-refractivity contribution in [2.75, 3.05) is 7.05 Å². The van der Waals surface area contributed by atoms with Crippen molar-refractivity contribution in [3.8, 4) is 0 Å². The third-order valence-corrected chi connectivity index (χ3v) is 2.13. The fraction of sp³-hybridized carbons (Fsp3) is 0.111. The lowest BCUT2D eigenvalue weighted by Crippen LogP contribution is -2.28. The van der Waals surface area contributed by atoms with E-state index in [0.717, 1.165) is 4.90 Å². The molecule has 0 bridgehead atoms. The van der Waals surface area contributed by atoms with Gasteiger partial charge in [0, 0.05) is 17.6 Å². The van der Waals surface area contributed by atoms with Gasteiger partial charge in [0.1, 0.15) is 0 Å². The summed E-state index contributed by atoms with van der Waals surface area (Å²) in [4.78, 5) is 23.0. The molecule has 0 radical (unpaired) electrons. The largest absolute Gasteiger partial charge is 0.323 e. The third-order valence-electron chi connectivity index (χ3n) is 1.64. The maximum absolute atomic E-state index is 11.5. The number of hydrogen-bond acceptors (Lipinski definition) is 2. The van der Waals surface area contributed by atoms with Crippen molar-refractivity contribution in [3.63, 3.8) is 0 Å². The van der Waals surface area contributed by atoms with Crippen LogP contribution in [0.15, 0.2) is 24.3 Å². The summed E-state index contributed by atoms with van der Waals surface area (Å²) in [6.07, 6.45) is 0. The summed E-state index contributed by atoms with van der Waals surface area (Å²) in [5.74, 6) is -0.479. The van der Waals surface area contributed by atoms with Crippen LogP contribution in [0.25, 0.3) is 0 Å². The number of halogens is 2. The van der Waals surface area contributed by atoms with Crippen LogP contribution in [0.4, 0.5) is 4.79 Å². The number of rotatable bonds is 1. The predicted molar refractivity (Wildman–Crippen MR) is 54.8 cm³/mol. The molecule has 0 aliphatic carbocycles. The maximum Gasteiger partial charge on any atom is 0.323 e. The highest BCUT2D eigenvalue weighted by Crippen LogP contribution is 2.12. The van der Waals surface area contributed by atoms with Crippen LogP contribution in [0.3, 0.4) is 0 Å². The zero-order valence-electron chi connectivity index (χ0n) is 7.33. The molecule has 5 heteroatoms. The Kier molecular flexibility index (Phi) is 3.49. The van der Waals surface area contributed by atoms with Crippen molar-refractivity contribution in [1.82, 2.24) is 4.90 Å². The highest BCUT2D eigenvalue weighted by atomic mass is 35.5. The molecule has 14 heavy (non-hydrogen) atoms. The highest BCUT2D eigenvalue weighted by Gasteiger charge is 2.16. The number of nitrogens with zero attached hydrogens (tertiary/aromatic N) is 1. The van der Waals surface area contributed by atoms with Gasteiger partial charge in [0.2, 0.25) is 0 Å². The molecule has 0 saturated carbocycles. The van der Waals surface area contributed by atoms with Crippen LogP contribution in [0.2, 0.25) is 5.02 Å². The summed E-state index contributed by atoms with van der Waals surface area (Å²) in [5, 5.41) is -0.388. The molecule has 0 saturated heterocycles. The fourth-order valence-corrected chi connectivity index (χ4v) is 1.16. The van der Waals surface area contributed by atoms with E-state index in [1.54, 1.807) is 18.2 Å². The van der Waals surface area contributed by atoms with Gasteiger partial charge in [-0.15, -0.1) is 0 Å². The zero-order valence-corrected chi connectivity index (χ0v) is 8.84. The molecule has 0 aliphatic rings. The number of carbonyl (C=O) groups excluding carboxylic acids is 2. The van der Waals surface area contributed by atoms with Gasteiger partial charge in [-0.05, 0) is 29.8 Å². The Morgan fingerprint density at radius 2 is 2.00 bits per heavy atom. The molecular weight excluding hydrogens is 225 g/mol. The molecule has 0 N–H and O–H groups in total. The van der Waals surface area contributed by atoms with Crippen LogP contribution < -0.4 is 0 Å². The van der Waals surface area contributed by atoms with Crippen molar-refractivity contribution in [3.05, 3.63) is 34.9 Å². The van der Waals surface area contributed by atoms with Crippen LogP contribution in [0.5, 0.6) is 0 Å². The van der Waals surface area contributed by atoms with Gasteiger partial charge in [0.25, 0.3) is 5.91 Å². The summed E-state index contributed by atoms with van der Waals surface area (Å²) < 4.78 is 0. The van der Waals surface area contributed by atoms with E-state index in [1.807, 2.05) is 0 Å². The number of benzene rings is 1. The first-order valence-electron chi connectivity index (χ1n) is 3.75. The number of carbonyl (C=O) groups is 2. The van der Waals surface area contributed by atoms with E-state index >= 15 is 0 Å². The van der Waals surface area contributed by atoms with E-state index in [-0.39, 0.29) is 0 Å². The summed E-state index contributed by atoms with van der Waals surface area (Å²) in [6.45, 7) is 0. The average molecular weight is 232 g/mol. The quantitative estimate of drug-likeness (QED) is 0.551. The second kappa shape index (κ2) is 4.44.